The number of nitro benzene ring substituents is 1. The van der Waals surface area contributed by atoms with Gasteiger partial charge in [-0.2, -0.15) is 0 Å². The topological polar surface area (TPSA) is 72.7 Å². The van der Waals surface area contributed by atoms with E-state index in [0.717, 1.165) is 18.7 Å². The van der Waals surface area contributed by atoms with E-state index in [2.05, 4.69) is 11.0 Å². The van der Waals surface area contributed by atoms with Crippen molar-refractivity contribution in [3.8, 4) is 0 Å². The van der Waals surface area contributed by atoms with Gasteiger partial charge in [-0.3, -0.25) is 14.9 Å². The van der Waals surface area contributed by atoms with Crippen LogP contribution >= 0.6 is 0 Å². The first-order chi connectivity index (χ1) is 10.0. The maximum atomic E-state index is 11.8. The van der Waals surface area contributed by atoms with Gasteiger partial charge in [0.05, 0.1) is 11.5 Å². The molecule has 0 saturated heterocycles. The number of non-ortho nitro benzene ring substituents is 1. The van der Waals surface area contributed by atoms with Gasteiger partial charge in [-0.15, -0.1) is 0 Å². The molecule has 0 spiro atoms. The van der Waals surface area contributed by atoms with Gasteiger partial charge in [0.1, 0.15) is 0 Å². The largest absolute Gasteiger partial charge is 0.380 e. The van der Waals surface area contributed by atoms with Gasteiger partial charge >= 0.3 is 0 Å². The first-order valence-electron chi connectivity index (χ1n) is 6.74. The second kappa shape index (κ2) is 6.49. The van der Waals surface area contributed by atoms with Gasteiger partial charge in [0.2, 0.25) is 0 Å². The van der Waals surface area contributed by atoms with Crippen LogP contribution in [0.4, 0.5) is 11.4 Å². The Bertz CT molecular complexity index is 595. The van der Waals surface area contributed by atoms with Crippen LogP contribution in [0, 0.1) is 10.1 Å². The standard InChI is InChI=1S/C15H18N2O4/c1-11(18)14-9-13(17(19)20)3-4-15(14)16-7-5-12(6-8-16)10-21-2/h3-5,9H,6-8,10H2,1-2H3. The molecule has 0 bridgehead atoms. The number of carbonyl (C=O) groups excluding carboxylic acids is 1. The molecule has 2 rings (SSSR count). The number of anilines is 1. The molecule has 6 nitrogen and oxygen atoms in total. The zero-order valence-electron chi connectivity index (χ0n) is 12.2. The molecule has 1 heterocycles. The lowest BCUT2D eigenvalue weighted by molar-refractivity contribution is -0.384. The van der Waals surface area contributed by atoms with Gasteiger partial charge < -0.3 is 9.64 Å². The lowest BCUT2D eigenvalue weighted by atomic mass is 10.0. The fourth-order valence-electron chi connectivity index (χ4n) is 2.44. The van der Waals surface area contributed by atoms with Crippen LogP contribution in [-0.2, 0) is 4.74 Å². The van der Waals surface area contributed by atoms with E-state index in [9.17, 15) is 14.9 Å². The molecule has 0 radical (unpaired) electrons. The average molecular weight is 290 g/mol. The second-order valence-electron chi connectivity index (χ2n) is 5.01. The van der Waals surface area contributed by atoms with Crippen molar-refractivity contribution in [3.63, 3.8) is 0 Å². The van der Waals surface area contributed by atoms with Crippen molar-refractivity contribution < 1.29 is 14.5 Å². The fourth-order valence-corrected chi connectivity index (χ4v) is 2.44. The molecule has 1 aromatic carbocycles. The molecule has 0 fully saturated rings. The van der Waals surface area contributed by atoms with Crippen LogP contribution in [0.5, 0.6) is 0 Å². The van der Waals surface area contributed by atoms with E-state index < -0.39 is 4.92 Å². The molecule has 0 saturated carbocycles. The van der Waals surface area contributed by atoms with Crippen molar-refractivity contribution in [1.29, 1.82) is 0 Å². The van der Waals surface area contributed by atoms with Gasteiger partial charge in [-0.25, -0.2) is 0 Å². The van der Waals surface area contributed by atoms with Crippen molar-refractivity contribution in [1.82, 2.24) is 0 Å². The quantitative estimate of drug-likeness (QED) is 0.361. The number of ketones is 1. The average Bonchev–Trinajstić information content (AvgIpc) is 2.47. The van der Waals surface area contributed by atoms with Gasteiger partial charge in [-0.1, -0.05) is 6.08 Å². The normalized spacial score (nSPS) is 14.8. The molecule has 0 N–H and O–H groups in total. The third kappa shape index (κ3) is 3.46. The SMILES string of the molecule is COCC1=CCN(c2ccc([N+](=O)[O-])cc2C(C)=O)CC1. The summed E-state index contributed by atoms with van der Waals surface area (Å²) in [5, 5.41) is 10.8. The minimum absolute atomic E-state index is 0.0587. The highest BCUT2D eigenvalue weighted by Crippen LogP contribution is 2.28. The van der Waals surface area contributed by atoms with Gasteiger partial charge in [0, 0.05) is 43.6 Å². The van der Waals surface area contributed by atoms with Crippen molar-refractivity contribution in [2.24, 2.45) is 0 Å². The second-order valence-corrected chi connectivity index (χ2v) is 5.01. The zero-order chi connectivity index (χ0) is 15.4. The molecule has 6 heteroatoms. The summed E-state index contributed by atoms with van der Waals surface area (Å²) in [5.41, 5.74) is 2.32. The molecule has 1 aliphatic rings. The number of methoxy groups -OCH3 is 1. The molecular weight excluding hydrogens is 272 g/mol. The number of hydrogen-bond acceptors (Lipinski definition) is 5. The summed E-state index contributed by atoms with van der Waals surface area (Å²) in [6.07, 6.45) is 2.94. The van der Waals surface area contributed by atoms with Crippen LogP contribution < -0.4 is 4.90 Å². The van der Waals surface area contributed by atoms with Crippen LogP contribution in [0.1, 0.15) is 23.7 Å². The first-order valence-corrected chi connectivity index (χ1v) is 6.74. The molecule has 0 aromatic heterocycles. The Labute approximate surface area is 123 Å². The summed E-state index contributed by atoms with van der Waals surface area (Å²) in [6, 6.07) is 4.45. The molecular formula is C15H18N2O4. The Morgan fingerprint density at radius 3 is 2.76 bits per heavy atom. The van der Waals surface area contributed by atoms with E-state index in [1.165, 1.54) is 24.6 Å². The lowest BCUT2D eigenvalue weighted by Gasteiger charge is -2.29. The van der Waals surface area contributed by atoms with E-state index >= 15 is 0 Å². The van der Waals surface area contributed by atoms with E-state index in [0.29, 0.717) is 18.7 Å². The van der Waals surface area contributed by atoms with Gasteiger partial charge in [0.15, 0.2) is 5.78 Å². The number of hydrogen-bond donors (Lipinski definition) is 0. The zero-order valence-corrected chi connectivity index (χ0v) is 12.2. The van der Waals surface area contributed by atoms with Crippen LogP contribution in [0.15, 0.2) is 29.8 Å². The highest BCUT2D eigenvalue weighted by molar-refractivity contribution is 6.00. The number of nitrogens with zero attached hydrogens (tertiary/aromatic N) is 2. The molecule has 0 amide bonds. The molecule has 0 unspecified atom stereocenters. The third-order valence-corrected chi connectivity index (χ3v) is 3.54. The van der Waals surface area contributed by atoms with Crippen LogP contribution in [0.3, 0.4) is 0 Å². The van der Waals surface area contributed by atoms with Gasteiger partial charge in [0.25, 0.3) is 5.69 Å². The fraction of sp³-hybridized carbons (Fsp3) is 0.400. The maximum Gasteiger partial charge on any atom is 0.270 e. The third-order valence-electron chi connectivity index (χ3n) is 3.54. The Morgan fingerprint density at radius 1 is 1.48 bits per heavy atom. The lowest BCUT2D eigenvalue weighted by Crippen LogP contribution is -2.30. The summed E-state index contributed by atoms with van der Waals surface area (Å²) in [7, 11) is 1.66. The van der Waals surface area contributed by atoms with Gasteiger partial charge in [-0.05, 0) is 25.0 Å². The van der Waals surface area contributed by atoms with E-state index in [1.54, 1.807) is 13.2 Å². The summed E-state index contributed by atoms with van der Waals surface area (Å²) in [6.45, 7) is 3.50. The Hall–Kier alpha value is -2.21. The van der Waals surface area contributed by atoms with E-state index in [1.807, 2.05) is 0 Å². The molecule has 21 heavy (non-hydrogen) atoms. The molecule has 112 valence electrons. The molecule has 0 atom stereocenters. The van der Waals surface area contributed by atoms with Crippen LogP contribution in [0.25, 0.3) is 0 Å². The van der Waals surface area contributed by atoms with Crippen molar-refractivity contribution in [2.75, 3.05) is 31.7 Å². The molecule has 1 aliphatic heterocycles. The number of ether oxygens (including phenoxy) is 1. The van der Waals surface area contributed by atoms with E-state index in [4.69, 9.17) is 4.74 Å². The number of benzene rings is 1. The van der Waals surface area contributed by atoms with Crippen molar-refractivity contribution in [2.45, 2.75) is 13.3 Å². The smallest absolute Gasteiger partial charge is 0.270 e. The maximum absolute atomic E-state index is 11.8. The predicted molar refractivity (Wildman–Crippen MR) is 79.9 cm³/mol. The van der Waals surface area contributed by atoms with Crippen LogP contribution in [-0.4, -0.2) is 37.5 Å². The van der Waals surface area contributed by atoms with Crippen molar-refractivity contribution in [3.05, 3.63) is 45.5 Å². The minimum atomic E-state index is -0.483. The molecule has 1 aromatic rings. The monoisotopic (exact) mass is 290 g/mol. The van der Waals surface area contributed by atoms with Crippen molar-refractivity contribution >= 4 is 17.2 Å². The van der Waals surface area contributed by atoms with E-state index in [-0.39, 0.29) is 11.5 Å². The highest BCUT2D eigenvalue weighted by atomic mass is 16.6. The summed E-state index contributed by atoms with van der Waals surface area (Å²) >= 11 is 0. The van der Waals surface area contributed by atoms with Crippen LogP contribution in [0.2, 0.25) is 0 Å². The number of Topliss-reactive ketones (excluding diaryl/α,β-unsaturated/α-hetero) is 1. The minimum Gasteiger partial charge on any atom is -0.380 e. The Morgan fingerprint density at radius 2 is 2.24 bits per heavy atom. The summed E-state index contributed by atoms with van der Waals surface area (Å²) in [4.78, 5) is 24.2. The first kappa shape index (κ1) is 15.2. The summed E-state index contributed by atoms with van der Waals surface area (Å²) in [5.74, 6) is -0.166. The number of rotatable bonds is 5. The highest BCUT2D eigenvalue weighted by Gasteiger charge is 2.20. The Balaban J connectivity index is 2.28. The summed E-state index contributed by atoms with van der Waals surface area (Å²) < 4.78 is 5.11. The number of carbonyl (C=O) groups is 1. The Kier molecular flexibility index (Phi) is 4.70. The number of nitro groups is 1. The predicted octanol–water partition coefficient (Wildman–Crippen LogP) is 2.58. The molecule has 0 aliphatic carbocycles.